The van der Waals surface area contributed by atoms with Crippen molar-refractivity contribution in [2.24, 2.45) is 0 Å². The quantitative estimate of drug-likeness (QED) is 0.174. The molecule has 1 aromatic carbocycles. The van der Waals surface area contributed by atoms with Crippen molar-refractivity contribution in [3.8, 4) is 17.1 Å². The van der Waals surface area contributed by atoms with Crippen molar-refractivity contribution in [3.05, 3.63) is 42.2 Å². The molecule has 2 aromatic rings. The molecule has 0 aliphatic rings. The highest BCUT2D eigenvalue weighted by atomic mass is 19.1. The van der Waals surface area contributed by atoms with Crippen LogP contribution >= 0.6 is 0 Å². The summed E-state index contributed by atoms with van der Waals surface area (Å²) < 4.78 is 32.6. The normalized spacial score (nSPS) is 13.0. The minimum absolute atomic E-state index is 0.0561. The van der Waals surface area contributed by atoms with Crippen LogP contribution in [0.15, 0.2) is 36.7 Å². The van der Waals surface area contributed by atoms with Crippen molar-refractivity contribution in [1.82, 2.24) is 9.97 Å². The summed E-state index contributed by atoms with van der Waals surface area (Å²) in [6.07, 6.45) is 17.6. The van der Waals surface area contributed by atoms with Crippen molar-refractivity contribution >= 4 is 0 Å². The number of hydrogen-bond acceptors (Lipinski definition) is 3. The fraction of sp³-hybridized carbons (Fsp3) is 0.667. The Morgan fingerprint density at radius 2 is 1.29 bits per heavy atom. The van der Waals surface area contributed by atoms with Gasteiger partial charge in [-0.15, -0.1) is 0 Å². The van der Waals surface area contributed by atoms with Crippen molar-refractivity contribution in [1.29, 1.82) is 0 Å². The average Bonchev–Trinajstić information content (AvgIpc) is 2.89. The van der Waals surface area contributed by atoms with Crippen LogP contribution in [0.4, 0.5) is 8.78 Å². The van der Waals surface area contributed by atoms with Gasteiger partial charge < -0.3 is 4.74 Å². The summed E-state index contributed by atoms with van der Waals surface area (Å²) >= 11 is 0. The highest BCUT2D eigenvalue weighted by Crippen LogP contribution is 2.20. The van der Waals surface area contributed by atoms with E-state index in [9.17, 15) is 8.78 Å². The van der Waals surface area contributed by atoms with E-state index in [0.717, 1.165) is 12.0 Å². The molecular weight excluding hydrogens is 442 g/mol. The molecule has 0 spiro atoms. The number of benzene rings is 1. The van der Waals surface area contributed by atoms with E-state index in [2.05, 4.69) is 41.2 Å². The van der Waals surface area contributed by atoms with Crippen LogP contribution in [0.5, 0.6) is 5.75 Å². The van der Waals surface area contributed by atoms with E-state index in [1.54, 1.807) is 19.3 Å². The Morgan fingerprint density at radius 3 is 1.89 bits per heavy atom. The number of unbranched alkanes of at least 4 members (excludes halogenated alkanes) is 9. The van der Waals surface area contributed by atoms with E-state index in [-0.39, 0.29) is 6.61 Å². The molecule has 2 unspecified atom stereocenters. The Labute approximate surface area is 212 Å². The minimum Gasteiger partial charge on any atom is -0.487 e. The van der Waals surface area contributed by atoms with Crippen LogP contribution in [0.2, 0.25) is 0 Å². The lowest BCUT2D eigenvalue weighted by atomic mass is 10.0. The SMILES string of the molecule is CCCCCCCCCCCCc1ccc(-c2ncc(OCC(F)CCCC(F)CC)cn2)cc1. The number of aromatic nitrogens is 2. The van der Waals surface area contributed by atoms with E-state index in [0.29, 0.717) is 37.3 Å². The molecule has 196 valence electrons. The summed E-state index contributed by atoms with van der Waals surface area (Å²) in [5, 5.41) is 0. The smallest absolute Gasteiger partial charge is 0.159 e. The van der Waals surface area contributed by atoms with Crippen LogP contribution in [0.1, 0.15) is 109 Å². The number of rotatable bonds is 20. The third-order valence-corrected chi connectivity index (χ3v) is 6.57. The number of hydrogen-bond donors (Lipinski definition) is 0. The van der Waals surface area contributed by atoms with Gasteiger partial charge in [0.15, 0.2) is 11.6 Å². The van der Waals surface area contributed by atoms with Crippen molar-refractivity contribution in [2.45, 2.75) is 123 Å². The van der Waals surface area contributed by atoms with Gasteiger partial charge in [-0.05, 0) is 44.1 Å². The van der Waals surface area contributed by atoms with Gasteiger partial charge in [0, 0.05) is 5.56 Å². The van der Waals surface area contributed by atoms with Gasteiger partial charge in [0.05, 0.1) is 18.6 Å². The second-order valence-electron chi connectivity index (χ2n) is 9.72. The Balaban J connectivity index is 1.62. The first kappa shape index (κ1) is 29.2. The van der Waals surface area contributed by atoms with E-state index in [1.807, 2.05) is 0 Å². The molecule has 2 rings (SSSR count). The van der Waals surface area contributed by atoms with Crippen LogP contribution in [-0.4, -0.2) is 28.9 Å². The van der Waals surface area contributed by atoms with Gasteiger partial charge in [0.25, 0.3) is 0 Å². The zero-order valence-corrected chi connectivity index (χ0v) is 22.0. The second kappa shape index (κ2) is 18.3. The van der Waals surface area contributed by atoms with Crippen LogP contribution in [-0.2, 0) is 6.42 Å². The summed E-state index contributed by atoms with van der Waals surface area (Å²) in [6.45, 7) is 4.01. The van der Waals surface area contributed by atoms with Crippen molar-refractivity contribution < 1.29 is 13.5 Å². The van der Waals surface area contributed by atoms with Gasteiger partial charge in [-0.1, -0.05) is 95.9 Å². The molecule has 5 heteroatoms. The highest BCUT2D eigenvalue weighted by molar-refractivity contribution is 5.55. The molecule has 3 nitrogen and oxygen atoms in total. The molecule has 0 aliphatic heterocycles. The topological polar surface area (TPSA) is 35.0 Å². The molecule has 1 aromatic heterocycles. The number of aryl methyl sites for hydroxylation is 1. The second-order valence-corrected chi connectivity index (χ2v) is 9.72. The number of alkyl halides is 2. The summed E-state index contributed by atoms with van der Waals surface area (Å²) in [5.74, 6) is 1.08. The van der Waals surface area contributed by atoms with Crippen molar-refractivity contribution in [2.75, 3.05) is 6.61 Å². The molecular formula is C30H46F2N2O. The molecule has 0 saturated heterocycles. The van der Waals surface area contributed by atoms with Gasteiger partial charge in [-0.2, -0.15) is 0 Å². The molecule has 0 radical (unpaired) electrons. The molecule has 0 saturated carbocycles. The standard InChI is InChI=1S/C30H46F2N2O/c1-3-5-6-7-8-9-10-11-12-13-15-25-18-20-26(21-19-25)30-33-22-29(23-34-30)35-24-28(32)17-14-16-27(31)4-2/h18-23,27-28H,3-17,24H2,1-2H3. The zero-order valence-electron chi connectivity index (χ0n) is 22.0. The highest BCUT2D eigenvalue weighted by Gasteiger charge is 2.11. The molecule has 0 N–H and O–H groups in total. The minimum atomic E-state index is -1.11. The van der Waals surface area contributed by atoms with E-state index in [4.69, 9.17) is 4.74 Å². The van der Waals surface area contributed by atoms with E-state index in [1.165, 1.54) is 69.8 Å². The number of nitrogens with zero attached hydrogens (tertiary/aromatic N) is 2. The molecule has 0 amide bonds. The summed E-state index contributed by atoms with van der Waals surface area (Å²) in [6, 6.07) is 8.44. The van der Waals surface area contributed by atoms with E-state index >= 15 is 0 Å². The van der Waals surface area contributed by atoms with Crippen LogP contribution in [0.3, 0.4) is 0 Å². The molecule has 0 bridgehead atoms. The van der Waals surface area contributed by atoms with Gasteiger partial charge in [0.1, 0.15) is 12.8 Å². The molecule has 35 heavy (non-hydrogen) atoms. The van der Waals surface area contributed by atoms with Gasteiger partial charge in [-0.3, -0.25) is 0 Å². The maximum atomic E-state index is 14.0. The Kier molecular flexibility index (Phi) is 15.2. The predicted molar refractivity (Wildman–Crippen MR) is 142 cm³/mol. The lowest BCUT2D eigenvalue weighted by Gasteiger charge is -2.11. The number of ether oxygens (including phenoxy) is 1. The fourth-order valence-corrected chi connectivity index (χ4v) is 4.21. The molecule has 0 aliphatic carbocycles. The fourth-order valence-electron chi connectivity index (χ4n) is 4.21. The third kappa shape index (κ3) is 13.0. The first-order valence-electron chi connectivity index (χ1n) is 13.9. The monoisotopic (exact) mass is 488 g/mol. The van der Waals surface area contributed by atoms with Crippen molar-refractivity contribution in [3.63, 3.8) is 0 Å². The summed E-state index contributed by atoms with van der Waals surface area (Å²) in [4.78, 5) is 8.74. The van der Waals surface area contributed by atoms with Gasteiger partial charge in [0.2, 0.25) is 0 Å². The van der Waals surface area contributed by atoms with Crippen LogP contribution in [0, 0.1) is 0 Å². The lowest BCUT2D eigenvalue weighted by molar-refractivity contribution is 0.178. The Bertz CT molecular complexity index is 767. The van der Waals surface area contributed by atoms with Gasteiger partial charge in [-0.25, -0.2) is 18.7 Å². The van der Waals surface area contributed by atoms with Crippen LogP contribution in [0.25, 0.3) is 11.4 Å². The maximum Gasteiger partial charge on any atom is 0.159 e. The zero-order chi connectivity index (χ0) is 25.1. The number of halogens is 2. The molecule has 2 atom stereocenters. The summed E-state index contributed by atoms with van der Waals surface area (Å²) in [7, 11) is 0. The predicted octanol–water partition coefficient (Wildman–Crippen LogP) is 9.24. The Hall–Kier alpha value is -2.04. The van der Waals surface area contributed by atoms with E-state index < -0.39 is 12.3 Å². The largest absolute Gasteiger partial charge is 0.487 e. The van der Waals surface area contributed by atoms with Crippen LogP contribution < -0.4 is 4.74 Å². The Morgan fingerprint density at radius 1 is 0.714 bits per heavy atom. The van der Waals surface area contributed by atoms with Gasteiger partial charge >= 0.3 is 0 Å². The average molecular weight is 489 g/mol. The molecule has 0 fully saturated rings. The first-order valence-corrected chi connectivity index (χ1v) is 13.9. The maximum absolute atomic E-state index is 14.0. The molecule has 1 heterocycles. The first-order chi connectivity index (χ1) is 17.1. The third-order valence-electron chi connectivity index (χ3n) is 6.57. The lowest BCUT2D eigenvalue weighted by Crippen LogP contribution is -2.13. The summed E-state index contributed by atoms with van der Waals surface area (Å²) in [5.41, 5.74) is 2.31.